The fourth-order valence-corrected chi connectivity index (χ4v) is 2.87. The molecule has 0 spiro atoms. The molecule has 3 nitrogen and oxygen atoms in total. The van der Waals surface area contributed by atoms with Gasteiger partial charge in [0.05, 0.1) is 6.61 Å². The van der Waals surface area contributed by atoms with E-state index in [1.165, 1.54) is 22.3 Å². The highest BCUT2D eigenvalue weighted by Crippen LogP contribution is 2.26. The summed E-state index contributed by atoms with van der Waals surface area (Å²) in [6.45, 7) is 14.4. The summed E-state index contributed by atoms with van der Waals surface area (Å²) in [5.74, 6) is 0.614. The Morgan fingerprint density at radius 1 is 1.10 bits per heavy atom. The van der Waals surface area contributed by atoms with E-state index >= 15 is 0 Å². The molecule has 0 aliphatic rings. The van der Waals surface area contributed by atoms with Crippen molar-refractivity contribution in [1.82, 2.24) is 4.90 Å². The second-order valence-corrected chi connectivity index (χ2v) is 6.43. The number of aryl methyl sites for hydroxylation is 3. The Bertz CT molecular complexity index is 443. The van der Waals surface area contributed by atoms with E-state index in [2.05, 4.69) is 51.7 Å². The molecular weight excluding hydrogens is 260 g/mol. The molecule has 0 aliphatic heterocycles. The Morgan fingerprint density at radius 2 is 1.71 bits per heavy atom. The third-order valence-electron chi connectivity index (χ3n) is 4.09. The van der Waals surface area contributed by atoms with E-state index in [1.807, 2.05) is 0 Å². The molecule has 0 amide bonds. The molecule has 0 bridgehead atoms. The van der Waals surface area contributed by atoms with Crippen molar-refractivity contribution in [3.8, 4) is 0 Å². The lowest BCUT2D eigenvalue weighted by Gasteiger charge is -2.33. The van der Waals surface area contributed by atoms with Crippen molar-refractivity contribution in [1.29, 1.82) is 0 Å². The lowest BCUT2D eigenvalue weighted by molar-refractivity contribution is 0.111. The summed E-state index contributed by atoms with van der Waals surface area (Å²) in [6.07, 6.45) is 0. The molecule has 0 saturated heterocycles. The molecule has 21 heavy (non-hydrogen) atoms. The van der Waals surface area contributed by atoms with Crippen molar-refractivity contribution in [2.75, 3.05) is 33.4 Å². The molecule has 1 unspecified atom stereocenters. The number of hydrogen-bond acceptors (Lipinski definition) is 3. The molecule has 0 fully saturated rings. The van der Waals surface area contributed by atoms with Gasteiger partial charge in [-0.05, 0) is 48.9 Å². The molecule has 0 aliphatic carbocycles. The van der Waals surface area contributed by atoms with Gasteiger partial charge >= 0.3 is 0 Å². The monoisotopic (exact) mass is 292 g/mol. The van der Waals surface area contributed by atoms with Gasteiger partial charge in [0.1, 0.15) is 0 Å². The van der Waals surface area contributed by atoms with Crippen molar-refractivity contribution in [3.63, 3.8) is 0 Å². The van der Waals surface area contributed by atoms with Crippen molar-refractivity contribution < 1.29 is 4.74 Å². The number of hydrogen-bond donors (Lipinski definition) is 1. The predicted octanol–water partition coefficient (Wildman–Crippen LogP) is 3.22. The van der Waals surface area contributed by atoms with Gasteiger partial charge in [0, 0.05) is 32.8 Å². The number of methoxy groups -OCH3 is 1. The molecule has 2 N–H and O–H groups in total. The zero-order valence-electron chi connectivity index (χ0n) is 14.6. The average Bonchev–Trinajstić information content (AvgIpc) is 2.41. The lowest BCUT2D eigenvalue weighted by Crippen LogP contribution is -2.38. The molecule has 0 saturated carbocycles. The number of benzene rings is 1. The summed E-state index contributed by atoms with van der Waals surface area (Å²) in [6, 6.07) is 4.85. The first-order valence-corrected chi connectivity index (χ1v) is 7.91. The van der Waals surface area contributed by atoms with Crippen molar-refractivity contribution in [3.05, 3.63) is 34.4 Å². The second kappa shape index (κ2) is 8.52. The van der Waals surface area contributed by atoms with Gasteiger partial charge in [-0.1, -0.05) is 26.0 Å². The lowest BCUT2D eigenvalue weighted by atomic mass is 9.94. The van der Waals surface area contributed by atoms with E-state index in [0.29, 0.717) is 12.5 Å². The van der Waals surface area contributed by atoms with Crippen molar-refractivity contribution in [2.45, 2.75) is 40.7 Å². The molecule has 0 aromatic heterocycles. The van der Waals surface area contributed by atoms with E-state index in [0.717, 1.165) is 19.7 Å². The maximum atomic E-state index is 6.13. The third kappa shape index (κ3) is 5.10. The maximum Gasteiger partial charge on any atom is 0.0589 e. The van der Waals surface area contributed by atoms with E-state index in [4.69, 9.17) is 10.5 Å². The molecule has 1 atom stereocenters. The van der Waals surface area contributed by atoms with Crippen LogP contribution >= 0.6 is 0 Å². The number of rotatable bonds is 8. The number of nitrogens with zero attached hydrogens (tertiary/aromatic N) is 1. The number of nitrogens with two attached hydrogens (primary N) is 1. The minimum Gasteiger partial charge on any atom is -0.383 e. The van der Waals surface area contributed by atoms with Crippen LogP contribution in [0.3, 0.4) is 0 Å². The zero-order chi connectivity index (χ0) is 16.0. The molecule has 1 aromatic carbocycles. The van der Waals surface area contributed by atoms with Crippen LogP contribution in [-0.4, -0.2) is 38.3 Å². The predicted molar refractivity (Wildman–Crippen MR) is 90.7 cm³/mol. The summed E-state index contributed by atoms with van der Waals surface area (Å²) in [7, 11) is 1.76. The summed E-state index contributed by atoms with van der Waals surface area (Å²) < 4.78 is 5.28. The quantitative estimate of drug-likeness (QED) is 0.799. The smallest absolute Gasteiger partial charge is 0.0589 e. The topological polar surface area (TPSA) is 38.5 Å². The van der Waals surface area contributed by atoms with Gasteiger partial charge in [-0.3, -0.25) is 4.90 Å². The molecule has 1 aromatic rings. The summed E-state index contributed by atoms with van der Waals surface area (Å²) in [4.78, 5) is 2.46. The Morgan fingerprint density at radius 3 is 2.24 bits per heavy atom. The molecule has 0 radical (unpaired) electrons. The van der Waals surface area contributed by atoms with E-state index in [9.17, 15) is 0 Å². The molecule has 1 rings (SSSR count). The highest BCUT2D eigenvalue weighted by Gasteiger charge is 2.21. The average molecular weight is 292 g/mol. The van der Waals surface area contributed by atoms with Crippen molar-refractivity contribution >= 4 is 0 Å². The minimum absolute atomic E-state index is 0.266. The van der Waals surface area contributed by atoms with Gasteiger partial charge in [0.25, 0.3) is 0 Å². The second-order valence-electron chi connectivity index (χ2n) is 6.43. The largest absolute Gasteiger partial charge is 0.383 e. The van der Waals surface area contributed by atoms with Crippen molar-refractivity contribution in [2.24, 2.45) is 11.7 Å². The van der Waals surface area contributed by atoms with Crippen LogP contribution in [-0.2, 0) is 4.74 Å². The Balaban J connectivity index is 3.09. The standard InChI is InChI=1S/C18H32N2O/c1-13(2)12-20(7-8-21-6)18(11-19)17-10-15(4)14(3)9-16(17)5/h9-10,13,18H,7-8,11-12,19H2,1-6H3. The fourth-order valence-electron chi connectivity index (χ4n) is 2.87. The van der Waals surface area contributed by atoms with Gasteiger partial charge in [0.15, 0.2) is 0 Å². The van der Waals surface area contributed by atoms with Crippen LogP contribution in [0.15, 0.2) is 12.1 Å². The number of ether oxygens (including phenoxy) is 1. The molecule has 0 heterocycles. The maximum absolute atomic E-state index is 6.13. The van der Waals surface area contributed by atoms with Gasteiger partial charge in [-0.15, -0.1) is 0 Å². The van der Waals surface area contributed by atoms with Crippen LogP contribution in [0.1, 0.15) is 42.1 Å². The minimum atomic E-state index is 0.266. The van der Waals surface area contributed by atoms with Gasteiger partial charge < -0.3 is 10.5 Å². The van der Waals surface area contributed by atoms with Gasteiger partial charge in [-0.25, -0.2) is 0 Å². The molecular formula is C18H32N2O. The fraction of sp³-hybridized carbons (Fsp3) is 0.667. The van der Waals surface area contributed by atoms with Crippen LogP contribution in [0.4, 0.5) is 0 Å². The normalized spacial score (nSPS) is 13.2. The molecule has 3 heteroatoms. The molecule has 120 valence electrons. The summed E-state index contributed by atoms with van der Waals surface area (Å²) >= 11 is 0. The first-order chi connectivity index (χ1) is 9.90. The summed E-state index contributed by atoms with van der Waals surface area (Å²) in [5, 5.41) is 0. The van der Waals surface area contributed by atoms with Crippen LogP contribution in [0, 0.1) is 26.7 Å². The van der Waals surface area contributed by atoms with Crippen LogP contribution in [0.2, 0.25) is 0 Å². The first kappa shape index (κ1) is 18.1. The summed E-state index contributed by atoms with van der Waals surface area (Å²) in [5.41, 5.74) is 11.5. The van der Waals surface area contributed by atoms with Crippen LogP contribution < -0.4 is 5.73 Å². The van der Waals surface area contributed by atoms with Crippen LogP contribution in [0.5, 0.6) is 0 Å². The SMILES string of the molecule is COCCN(CC(C)C)C(CN)c1cc(C)c(C)cc1C. The Labute approximate surface area is 130 Å². The highest BCUT2D eigenvalue weighted by molar-refractivity contribution is 5.38. The van der Waals surface area contributed by atoms with E-state index < -0.39 is 0 Å². The highest BCUT2D eigenvalue weighted by atomic mass is 16.5. The Kier molecular flexibility index (Phi) is 7.36. The van der Waals surface area contributed by atoms with Gasteiger partial charge in [-0.2, -0.15) is 0 Å². The zero-order valence-corrected chi connectivity index (χ0v) is 14.6. The van der Waals surface area contributed by atoms with Crippen LogP contribution in [0.25, 0.3) is 0 Å². The third-order valence-corrected chi connectivity index (χ3v) is 4.09. The first-order valence-electron chi connectivity index (χ1n) is 7.91. The van der Waals surface area contributed by atoms with E-state index in [1.54, 1.807) is 7.11 Å². The van der Waals surface area contributed by atoms with E-state index in [-0.39, 0.29) is 6.04 Å². The Hall–Kier alpha value is -0.900. The van der Waals surface area contributed by atoms with Gasteiger partial charge in [0.2, 0.25) is 0 Å².